The Hall–Kier alpha value is -1.57. The standard InChI is InChI=1S/C20H27N3O3S/c1-20-7-6-18(24)23(20)17(14-27-20)19(25)21-12-15-4-2-3-5-16(15)13-22-8-10-26-11-9-22/h2-5,17H,6-14H2,1H3,(H,21,25)/t17-,20-/m0/s1. The minimum Gasteiger partial charge on any atom is -0.379 e. The van der Waals surface area contributed by atoms with Crippen LogP contribution in [-0.4, -0.2) is 64.6 Å². The lowest BCUT2D eigenvalue weighted by atomic mass is 10.1. The van der Waals surface area contributed by atoms with Gasteiger partial charge in [-0.2, -0.15) is 0 Å². The average Bonchev–Trinajstić information content (AvgIpc) is 3.18. The Morgan fingerprint density at radius 1 is 1.30 bits per heavy atom. The summed E-state index contributed by atoms with van der Waals surface area (Å²) in [6, 6.07) is 7.91. The van der Waals surface area contributed by atoms with Gasteiger partial charge in [0.05, 0.1) is 18.1 Å². The molecule has 3 fully saturated rings. The molecule has 27 heavy (non-hydrogen) atoms. The summed E-state index contributed by atoms with van der Waals surface area (Å²) < 4.78 is 5.42. The lowest BCUT2D eigenvalue weighted by Gasteiger charge is -2.30. The number of amides is 2. The van der Waals surface area contributed by atoms with Gasteiger partial charge in [-0.3, -0.25) is 14.5 Å². The van der Waals surface area contributed by atoms with Crippen molar-refractivity contribution >= 4 is 23.6 Å². The first kappa shape index (κ1) is 18.8. The predicted molar refractivity (Wildman–Crippen MR) is 105 cm³/mol. The summed E-state index contributed by atoms with van der Waals surface area (Å²) in [4.78, 5) is 29.0. The van der Waals surface area contributed by atoms with E-state index in [2.05, 4.69) is 29.3 Å². The number of benzene rings is 1. The van der Waals surface area contributed by atoms with E-state index in [-0.39, 0.29) is 22.7 Å². The van der Waals surface area contributed by atoms with Gasteiger partial charge in [-0.1, -0.05) is 24.3 Å². The van der Waals surface area contributed by atoms with Crippen LogP contribution in [0, 0.1) is 0 Å². The molecule has 2 atom stereocenters. The molecule has 0 radical (unpaired) electrons. The summed E-state index contributed by atoms with van der Waals surface area (Å²) in [6.07, 6.45) is 1.39. The molecule has 6 nitrogen and oxygen atoms in total. The Morgan fingerprint density at radius 3 is 2.81 bits per heavy atom. The highest BCUT2D eigenvalue weighted by Gasteiger charge is 2.52. The maximum absolute atomic E-state index is 12.8. The minimum atomic E-state index is -0.346. The highest BCUT2D eigenvalue weighted by Crippen LogP contribution is 2.47. The van der Waals surface area contributed by atoms with E-state index < -0.39 is 0 Å². The molecule has 3 aliphatic rings. The zero-order valence-electron chi connectivity index (χ0n) is 15.8. The molecule has 0 bridgehead atoms. The fourth-order valence-corrected chi connectivity index (χ4v) is 5.63. The SMILES string of the molecule is C[C@]12CCC(=O)N1[C@H](C(=O)NCc1ccccc1CN1CCOCC1)CS2. The van der Waals surface area contributed by atoms with Crippen LogP contribution in [0.4, 0.5) is 0 Å². The van der Waals surface area contributed by atoms with Gasteiger partial charge in [0.2, 0.25) is 11.8 Å². The third-order valence-electron chi connectivity index (χ3n) is 5.82. The Morgan fingerprint density at radius 2 is 2.04 bits per heavy atom. The van der Waals surface area contributed by atoms with Crippen LogP contribution in [0.2, 0.25) is 0 Å². The molecule has 3 saturated heterocycles. The Kier molecular flexibility index (Phi) is 5.43. The molecule has 4 rings (SSSR count). The number of morpholine rings is 1. The van der Waals surface area contributed by atoms with Crippen molar-refractivity contribution in [2.45, 2.75) is 43.8 Å². The Balaban J connectivity index is 1.39. The number of thioether (sulfide) groups is 1. The van der Waals surface area contributed by atoms with Gasteiger partial charge in [-0.25, -0.2) is 0 Å². The predicted octanol–water partition coefficient (Wildman–Crippen LogP) is 1.59. The summed E-state index contributed by atoms with van der Waals surface area (Å²) >= 11 is 1.73. The molecular formula is C20H27N3O3S. The quantitative estimate of drug-likeness (QED) is 0.829. The maximum Gasteiger partial charge on any atom is 0.243 e. The molecule has 0 saturated carbocycles. The van der Waals surface area contributed by atoms with Crippen molar-refractivity contribution in [3.8, 4) is 0 Å². The van der Waals surface area contributed by atoms with E-state index in [1.807, 2.05) is 17.0 Å². The number of nitrogens with zero attached hydrogens (tertiary/aromatic N) is 2. The molecule has 2 amide bonds. The van der Waals surface area contributed by atoms with E-state index in [1.165, 1.54) is 5.56 Å². The van der Waals surface area contributed by atoms with Crippen molar-refractivity contribution in [2.75, 3.05) is 32.1 Å². The van der Waals surface area contributed by atoms with Gasteiger partial charge in [-0.15, -0.1) is 11.8 Å². The van der Waals surface area contributed by atoms with Gasteiger partial charge >= 0.3 is 0 Å². The fraction of sp³-hybridized carbons (Fsp3) is 0.600. The van der Waals surface area contributed by atoms with E-state index in [0.717, 1.165) is 44.8 Å². The fourth-order valence-electron chi connectivity index (χ4n) is 4.20. The van der Waals surface area contributed by atoms with Crippen molar-refractivity contribution in [2.24, 2.45) is 0 Å². The Bertz CT molecular complexity index is 722. The Labute approximate surface area is 164 Å². The molecule has 7 heteroatoms. The number of carbonyl (C=O) groups excluding carboxylic acids is 2. The van der Waals surface area contributed by atoms with E-state index in [1.54, 1.807) is 11.8 Å². The van der Waals surface area contributed by atoms with Gasteiger partial charge in [0, 0.05) is 38.4 Å². The van der Waals surface area contributed by atoms with Crippen LogP contribution in [0.15, 0.2) is 24.3 Å². The third-order valence-corrected chi connectivity index (χ3v) is 7.32. The normalized spacial score (nSPS) is 28.4. The van der Waals surface area contributed by atoms with Crippen LogP contribution >= 0.6 is 11.8 Å². The smallest absolute Gasteiger partial charge is 0.243 e. The molecule has 0 aromatic heterocycles. The topological polar surface area (TPSA) is 61.9 Å². The first-order valence-corrected chi connectivity index (χ1v) is 10.7. The van der Waals surface area contributed by atoms with Crippen molar-refractivity contribution in [1.29, 1.82) is 0 Å². The van der Waals surface area contributed by atoms with Gasteiger partial charge in [0.1, 0.15) is 6.04 Å². The van der Waals surface area contributed by atoms with Crippen LogP contribution in [0.5, 0.6) is 0 Å². The molecule has 1 aromatic carbocycles. The number of ether oxygens (including phenoxy) is 1. The molecule has 1 N–H and O–H groups in total. The minimum absolute atomic E-state index is 0.0392. The van der Waals surface area contributed by atoms with E-state index in [4.69, 9.17) is 4.74 Å². The second-order valence-corrected chi connectivity index (χ2v) is 9.14. The molecule has 1 aromatic rings. The molecular weight excluding hydrogens is 362 g/mol. The highest BCUT2D eigenvalue weighted by molar-refractivity contribution is 8.01. The summed E-state index contributed by atoms with van der Waals surface area (Å²) in [5.41, 5.74) is 2.38. The zero-order chi connectivity index (χ0) is 18.9. The summed E-state index contributed by atoms with van der Waals surface area (Å²) in [5, 5.41) is 3.08. The van der Waals surface area contributed by atoms with Crippen molar-refractivity contribution in [3.63, 3.8) is 0 Å². The molecule has 0 unspecified atom stereocenters. The first-order chi connectivity index (χ1) is 13.1. The van der Waals surface area contributed by atoms with E-state index in [9.17, 15) is 9.59 Å². The molecule has 0 spiro atoms. The zero-order valence-corrected chi connectivity index (χ0v) is 16.6. The van der Waals surface area contributed by atoms with Crippen molar-refractivity contribution in [3.05, 3.63) is 35.4 Å². The van der Waals surface area contributed by atoms with Crippen molar-refractivity contribution in [1.82, 2.24) is 15.1 Å². The molecule has 146 valence electrons. The molecule has 3 aliphatic heterocycles. The number of carbonyl (C=O) groups is 2. The maximum atomic E-state index is 12.8. The first-order valence-electron chi connectivity index (χ1n) is 9.67. The van der Waals surface area contributed by atoms with Crippen LogP contribution in [-0.2, 0) is 27.4 Å². The van der Waals surface area contributed by atoms with Crippen LogP contribution in [0.1, 0.15) is 30.9 Å². The third kappa shape index (κ3) is 3.86. The monoisotopic (exact) mass is 389 g/mol. The lowest BCUT2D eigenvalue weighted by Crippen LogP contribution is -2.49. The summed E-state index contributed by atoms with van der Waals surface area (Å²) in [6.45, 7) is 6.89. The van der Waals surface area contributed by atoms with Gasteiger partial charge in [-0.05, 0) is 24.5 Å². The highest BCUT2D eigenvalue weighted by atomic mass is 32.2. The number of rotatable bonds is 5. The molecule has 0 aliphatic carbocycles. The summed E-state index contributed by atoms with van der Waals surface area (Å²) in [5.74, 6) is 0.752. The van der Waals surface area contributed by atoms with Crippen LogP contribution in [0.25, 0.3) is 0 Å². The number of hydrogen-bond acceptors (Lipinski definition) is 5. The van der Waals surface area contributed by atoms with Gasteiger partial charge in [0.15, 0.2) is 0 Å². The number of fused-ring (bicyclic) bond motifs is 1. The van der Waals surface area contributed by atoms with Crippen LogP contribution < -0.4 is 5.32 Å². The number of hydrogen-bond donors (Lipinski definition) is 1. The lowest BCUT2D eigenvalue weighted by molar-refractivity contribution is -0.138. The largest absolute Gasteiger partial charge is 0.379 e. The summed E-state index contributed by atoms with van der Waals surface area (Å²) in [7, 11) is 0. The van der Waals surface area contributed by atoms with Gasteiger partial charge < -0.3 is 15.0 Å². The van der Waals surface area contributed by atoms with Crippen molar-refractivity contribution < 1.29 is 14.3 Å². The second kappa shape index (κ2) is 7.81. The van der Waals surface area contributed by atoms with Crippen LogP contribution in [0.3, 0.4) is 0 Å². The van der Waals surface area contributed by atoms with Gasteiger partial charge in [0.25, 0.3) is 0 Å². The van der Waals surface area contributed by atoms with E-state index >= 15 is 0 Å². The van der Waals surface area contributed by atoms with E-state index in [0.29, 0.717) is 18.7 Å². The average molecular weight is 390 g/mol. The molecule has 3 heterocycles. The number of nitrogens with one attached hydrogen (secondary N) is 1. The second-order valence-electron chi connectivity index (χ2n) is 7.64.